The molecule has 2 heteroatoms. The second-order valence-electron chi connectivity index (χ2n) is 3.76. The molecule has 0 bridgehead atoms. The van der Waals surface area contributed by atoms with Gasteiger partial charge < -0.3 is 5.32 Å². The highest BCUT2D eigenvalue weighted by molar-refractivity contribution is 4.82. The van der Waals surface area contributed by atoms with Crippen LogP contribution in [0.25, 0.3) is 0 Å². The maximum Gasteiger partial charge on any atom is 0.0232 e. The Balaban J connectivity index is 2.30. The van der Waals surface area contributed by atoms with E-state index in [-0.39, 0.29) is 0 Å². The van der Waals surface area contributed by atoms with Crippen molar-refractivity contribution in [2.45, 2.75) is 32.2 Å². The van der Waals surface area contributed by atoms with Crippen LogP contribution in [0.15, 0.2) is 12.7 Å². The highest BCUT2D eigenvalue weighted by Crippen LogP contribution is 2.09. The van der Waals surface area contributed by atoms with Crippen molar-refractivity contribution in [1.29, 1.82) is 0 Å². The van der Waals surface area contributed by atoms with E-state index in [0.29, 0.717) is 0 Å². The first-order valence-electron chi connectivity index (χ1n) is 5.44. The van der Waals surface area contributed by atoms with Gasteiger partial charge in [-0.2, -0.15) is 0 Å². The first-order valence-corrected chi connectivity index (χ1v) is 5.44. The Morgan fingerprint density at radius 3 is 2.92 bits per heavy atom. The summed E-state index contributed by atoms with van der Waals surface area (Å²) >= 11 is 0. The van der Waals surface area contributed by atoms with Crippen molar-refractivity contribution in [2.24, 2.45) is 0 Å². The van der Waals surface area contributed by atoms with Crippen molar-refractivity contribution in [3.05, 3.63) is 12.7 Å². The molecule has 13 heavy (non-hydrogen) atoms. The maximum absolute atomic E-state index is 3.78. The van der Waals surface area contributed by atoms with Crippen LogP contribution in [-0.2, 0) is 0 Å². The Labute approximate surface area is 82.0 Å². The summed E-state index contributed by atoms with van der Waals surface area (Å²) in [7, 11) is 0. The number of hydrogen-bond acceptors (Lipinski definition) is 2. The molecule has 1 atom stereocenters. The van der Waals surface area contributed by atoms with Crippen LogP contribution in [0.2, 0.25) is 0 Å². The minimum atomic E-state index is 0.778. The minimum Gasteiger partial charge on any atom is -0.315 e. The third-order valence-electron chi connectivity index (χ3n) is 2.68. The largest absolute Gasteiger partial charge is 0.315 e. The number of nitrogens with one attached hydrogen (secondary N) is 1. The second kappa shape index (κ2) is 6.17. The molecule has 1 N–H and O–H groups in total. The van der Waals surface area contributed by atoms with Gasteiger partial charge in [0.2, 0.25) is 0 Å². The van der Waals surface area contributed by atoms with Crippen molar-refractivity contribution in [1.82, 2.24) is 10.2 Å². The molecule has 1 aliphatic heterocycles. The SMILES string of the molecule is C=CCCN(CCC)C1CCNC1. The average molecular weight is 182 g/mol. The summed E-state index contributed by atoms with van der Waals surface area (Å²) in [6, 6.07) is 0.778. The molecule has 76 valence electrons. The molecular weight excluding hydrogens is 160 g/mol. The molecule has 0 radical (unpaired) electrons. The van der Waals surface area contributed by atoms with Gasteiger partial charge in [-0.1, -0.05) is 13.0 Å². The molecule has 0 saturated carbocycles. The molecule has 0 aromatic rings. The van der Waals surface area contributed by atoms with Crippen LogP contribution in [0.1, 0.15) is 26.2 Å². The van der Waals surface area contributed by atoms with Gasteiger partial charge in [0.1, 0.15) is 0 Å². The Bertz CT molecular complexity index is 139. The molecule has 1 unspecified atom stereocenters. The number of rotatable bonds is 6. The topological polar surface area (TPSA) is 15.3 Å². The van der Waals surface area contributed by atoms with Crippen LogP contribution in [-0.4, -0.2) is 37.1 Å². The molecular formula is C11H22N2. The zero-order valence-corrected chi connectivity index (χ0v) is 8.76. The Hall–Kier alpha value is -0.340. The van der Waals surface area contributed by atoms with Gasteiger partial charge in [-0.3, -0.25) is 4.90 Å². The van der Waals surface area contributed by atoms with E-state index in [0.717, 1.165) is 12.5 Å². The average Bonchev–Trinajstić information content (AvgIpc) is 2.65. The molecule has 1 aliphatic rings. The van der Waals surface area contributed by atoms with E-state index in [1.165, 1.54) is 39.0 Å². The smallest absolute Gasteiger partial charge is 0.0232 e. The fourth-order valence-corrected chi connectivity index (χ4v) is 1.97. The van der Waals surface area contributed by atoms with Gasteiger partial charge in [-0.05, 0) is 32.4 Å². The predicted molar refractivity (Wildman–Crippen MR) is 58.0 cm³/mol. The van der Waals surface area contributed by atoms with E-state index < -0.39 is 0 Å². The van der Waals surface area contributed by atoms with Crippen LogP contribution in [0, 0.1) is 0 Å². The van der Waals surface area contributed by atoms with Crippen molar-refractivity contribution in [2.75, 3.05) is 26.2 Å². The maximum atomic E-state index is 3.78. The third kappa shape index (κ3) is 3.49. The van der Waals surface area contributed by atoms with Crippen LogP contribution in [0.4, 0.5) is 0 Å². The fraction of sp³-hybridized carbons (Fsp3) is 0.818. The van der Waals surface area contributed by atoms with Crippen molar-refractivity contribution < 1.29 is 0 Å². The quantitative estimate of drug-likeness (QED) is 0.628. The minimum absolute atomic E-state index is 0.778. The fourth-order valence-electron chi connectivity index (χ4n) is 1.97. The van der Waals surface area contributed by atoms with Crippen LogP contribution >= 0.6 is 0 Å². The lowest BCUT2D eigenvalue weighted by Crippen LogP contribution is -2.37. The Morgan fingerprint density at radius 2 is 2.38 bits per heavy atom. The lowest BCUT2D eigenvalue weighted by Gasteiger charge is -2.27. The highest BCUT2D eigenvalue weighted by Gasteiger charge is 2.20. The zero-order valence-electron chi connectivity index (χ0n) is 8.76. The molecule has 0 aromatic carbocycles. The zero-order chi connectivity index (χ0) is 9.52. The molecule has 1 heterocycles. The highest BCUT2D eigenvalue weighted by atomic mass is 15.2. The van der Waals surface area contributed by atoms with E-state index >= 15 is 0 Å². The summed E-state index contributed by atoms with van der Waals surface area (Å²) in [5.74, 6) is 0. The second-order valence-corrected chi connectivity index (χ2v) is 3.76. The summed E-state index contributed by atoms with van der Waals surface area (Å²) < 4.78 is 0. The summed E-state index contributed by atoms with van der Waals surface area (Å²) in [6.07, 6.45) is 5.71. The normalized spacial score (nSPS) is 22.5. The van der Waals surface area contributed by atoms with Gasteiger partial charge in [0, 0.05) is 19.1 Å². The van der Waals surface area contributed by atoms with E-state index in [9.17, 15) is 0 Å². The lowest BCUT2D eigenvalue weighted by molar-refractivity contribution is 0.212. The molecule has 2 nitrogen and oxygen atoms in total. The van der Waals surface area contributed by atoms with Crippen molar-refractivity contribution in [3.63, 3.8) is 0 Å². The monoisotopic (exact) mass is 182 g/mol. The standard InChI is InChI=1S/C11H22N2/c1-3-5-9-13(8-4-2)11-6-7-12-10-11/h3,11-12H,1,4-10H2,2H3. The van der Waals surface area contributed by atoms with Gasteiger partial charge in [0.15, 0.2) is 0 Å². The van der Waals surface area contributed by atoms with Gasteiger partial charge in [0.05, 0.1) is 0 Å². The van der Waals surface area contributed by atoms with Crippen LogP contribution in [0.5, 0.6) is 0 Å². The lowest BCUT2D eigenvalue weighted by atomic mass is 10.2. The first-order chi connectivity index (χ1) is 6.38. The number of hydrogen-bond donors (Lipinski definition) is 1. The third-order valence-corrected chi connectivity index (χ3v) is 2.68. The number of nitrogens with zero attached hydrogens (tertiary/aromatic N) is 1. The molecule has 0 aliphatic carbocycles. The molecule has 0 aromatic heterocycles. The van der Waals surface area contributed by atoms with Crippen LogP contribution in [0.3, 0.4) is 0 Å². The predicted octanol–water partition coefficient (Wildman–Crippen LogP) is 1.64. The summed E-state index contributed by atoms with van der Waals surface area (Å²) in [4.78, 5) is 2.60. The van der Waals surface area contributed by atoms with Gasteiger partial charge in [0.25, 0.3) is 0 Å². The molecule has 0 spiro atoms. The van der Waals surface area contributed by atoms with Gasteiger partial charge in [-0.15, -0.1) is 6.58 Å². The summed E-state index contributed by atoms with van der Waals surface area (Å²) in [6.45, 7) is 10.8. The van der Waals surface area contributed by atoms with Crippen molar-refractivity contribution in [3.8, 4) is 0 Å². The molecule has 1 fully saturated rings. The summed E-state index contributed by atoms with van der Waals surface area (Å²) in [5.41, 5.74) is 0. The van der Waals surface area contributed by atoms with Gasteiger partial charge in [-0.25, -0.2) is 0 Å². The van der Waals surface area contributed by atoms with E-state index in [1.807, 2.05) is 6.08 Å². The molecule has 1 rings (SSSR count). The van der Waals surface area contributed by atoms with E-state index in [4.69, 9.17) is 0 Å². The van der Waals surface area contributed by atoms with E-state index in [1.54, 1.807) is 0 Å². The van der Waals surface area contributed by atoms with Crippen LogP contribution < -0.4 is 5.32 Å². The Kier molecular flexibility index (Phi) is 5.09. The molecule has 1 saturated heterocycles. The summed E-state index contributed by atoms with van der Waals surface area (Å²) in [5, 5.41) is 3.42. The molecule has 0 amide bonds. The Morgan fingerprint density at radius 1 is 1.54 bits per heavy atom. The van der Waals surface area contributed by atoms with Gasteiger partial charge >= 0.3 is 0 Å². The van der Waals surface area contributed by atoms with E-state index in [2.05, 4.69) is 23.7 Å². The first kappa shape index (κ1) is 10.7. The van der Waals surface area contributed by atoms with Crippen molar-refractivity contribution >= 4 is 0 Å².